The summed E-state index contributed by atoms with van der Waals surface area (Å²) in [5, 5.41) is 0.511. The van der Waals surface area contributed by atoms with Gasteiger partial charge in [-0.1, -0.05) is 17.7 Å². The Bertz CT molecular complexity index is 147. The molecule has 0 aliphatic carbocycles. The van der Waals surface area contributed by atoms with E-state index in [4.69, 9.17) is 11.6 Å². The van der Waals surface area contributed by atoms with Gasteiger partial charge in [-0.2, -0.15) is 0 Å². The van der Waals surface area contributed by atoms with Crippen molar-refractivity contribution >= 4 is 11.6 Å². The summed E-state index contributed by atoms with van der Waals surface area (Å²) in [7, 11) is 0. The molecule has 0 atom stereocenters. The molecule has 0 fully saturated rings. The molecule has 0 aliphatic rings. The first kappa shape index (κ1) is 5.57. The fourth-order valence-corrected chi connectivity index (χ4v) is 0.518. The Morgan fingerprint density at radius 1 is 1.50 bits per heavy atom. The molecule has 1 rings (SSSR count). The number of nitrogens with zero attached hydrogens (tertiary/aromatic N) is 1. The third kappa shape index (κ3) is 1.20. The van der Waals surface area contributed by atoms with Crippen LogP contribution in [-0.4, -0.2) is 4.98 Å². The second kappa shape index (κ2) is 2.14. The van der Waals surface area contributed by atoms with Gasteiger partial charge >= 0.3 is 0 Å². The molecule has 1 radical (unpaired) electrons. The van der Waals surface area contributed by atoms with E-state index in [0.29, 0.717) is 5.15 Å². The molecule has 0 saturated carbocycles. The standard InChI is InChI=1S/C6H5ClN/c1-5-2-3-6(7)8-4-5/h2-4H,1H2. The van der Waals surface area contributed by atoms with E-state index in [0.717, 1.165) is 5.56 Å². The van der Waals surface area contributed by atoms with Crippen molar-refractivity contribution < 1.29 is 0 Å². The monoisotopic (exact) mass is 126 g/mol. The van der Waals surface area contributed by atoms with Gasteiger partial charge in [0.25, 0.3) is 0 Å². The van der Waals surface area contributed by atoms with Gasteiger partial charge in [0, 0.05) is 6.20 Å². The maximum atomic E-state index is 5.47. The van der Waals surface area contributed by atoms with Crippen LogP contribution in [0.3, 0.4) is 0 Å². The van der Waals surface area contributed by atoms with Crippen molar-refractivity contribution in [3.05, 3.63) is 36.0 Å². The smallest absolute Gasteiger partial charge is 0.129 e. The lowest BCUT2D eigenvalue weighted by molar-refractivity contribution is 1.31. The van der Waals surface area contributed by atoms with E-state index in [1.54, 1.807) is 12.3 Å². The third-order valence-corrected chi connectivity index (χ3v) is 1.01. The molecule has 8 heavy (non-hydrogen) atoms. The van der Waals surface area contributed by atoms with Gasteiger partial charge in [-0.25, -0.2) is 4.98 Å². The van der Waals surface area contributed by atoms with Crippen LogP contribution in [0.25, 0.3) is 0 Å². The molecular weight excluding hydrogens is 122 g/mol. The van der Waals surface area contributed by atoms with Crippen LogP contribution in [0.1, 0.15) is 5.56 Å². The average Bonchev–Trinajstić information content (AvgIpc) is 1.77. The summed E-state index contributed by atoms with van der Waals surface area (Å²) >= 11 is 5.47. The summed E-state index contributed by atoms with van der Waals surface area (Å²) in [4.78, 5) is 3.78. The van der Waals surface area contributed by atoms with E-state index < -0.39 is 0 Å². The van der Waals surface area contributed by atoms with E-state index in [9.17, 15) is 0 Å². The summed E-state index contributed by atoms with van der Waals surface area (Å²) in [5.41, 5.74) is 0.884. The van der Waals surface area contributed by atoms with Gasteiger partial charge in [-0.15, -0.1) is 0 Å². The topological polar surface area (TPSA) is 12.9 Å². The maximum absolute atomic E-state index is 5.47. The van der Waals surface area contributed by atoms with Crippen molar-refractivity contribution in [2.75, 3.05) is 0 Å². The number of rotatable bonds is 0. The zero-order valence-electron chi connectivity index (χ0n) is 4.26. The van der Waals surface area contributed by atoms with Crippen LogP contribution >= 0.6 is 11.6 Å². The summed E-state index contributed by atoms with van der Waals surface area (Å²) < 4.78 is 0. The Balaban J connectivity index is 3.03. The van der Waals surface area contributed by atoms with Gasteiger partial charge in [0.1, 0.15) is 5.15 Å². The van der Waals surface area contributed by atoms with E-state index in [1.807, 2.05) is 6.07 Å². The molecule has 0 spiro atoms. The molecule has 1 nitrogen and oxygen atoms in total. The lowest BCUT2D eigenvalue weighted by Crippen LogP contribution is -1.73. The quantitative estimate of drug-likeness (QED) is 0.484. The number of hydrogen-bond donors (Lipinski definition) is 0. The van der Waals surface area contributed by atoms with Gasteiger partial charge in [0.05, 0.1) is 0 Å². The van der Waals surface area contributed by atoms with E-state index in [-0.39, 0.29) is 0 Å². The van der Waals surface area contributed by atoms with E-state index in [2.05, 4.69) is 11.9 Å². The Morgan fingerprint density at radius 3 is 2.62 bits per heavy atom. The van der Waals surface area contributed by atoms with Crippen molar-refractivity contribution in [3.63, 3.8) is 0 Å². The van der Waals surface area contributed by atoms with E-state index >= 15 is 0 Å². The van der Waals surface area contributed by atoms with Crippen molar-refractivity contribution in [3.8, 4) is 0 Å². The molecule has 0 bridgehead atoms. The highest BCUT2D eigenvalue weighted by Crippen LogP contribution is 2.02. The zero-order valence-corrected chi connectivity index (χ0v) is 5.02. The van der Waals surface area contributed by atoms with Crippen molar-refractivity contribution in [1.82, 2.24) is 4.98 Å². The second-order valence-electron chi connectivity index (χ2n) is 1.49. The van der Waals surface area contributed by atoms with E-state index in [1.165, 1.54) is 0 Å². The molecule has 0 saturated heterocycles. The van der Waals surface area contributed by atoms with Crippen LogP contribution < -0.4 is 0 Å². The van der Waals surface area contributed by atoms with Gasteiger partial charge in [-0.05, 0) is 18.6 Å². The third-order valence-electron chi connectivity index (χ3n) is 0.789. The molecule has 0 aliphatic heterocycles. The Morgan fingerprint density at radius 2 is 2.25 bits per heavy atom. The first-order chi connectivity index (χ1) is 3.79. The van der Waals surface area contributed by atoms with Crippen LogP contribution in [0.4, 0.5) is 0 Å². The lowest BCUT2D eigenvalue weighted by Gasteiger charge is -1.87. The highest BCUT2D eigenvalue weighted by Gasteiger charge is 1.83. The Labute approximate surface area is 53.3 Å². The van der Waals surface area contributed by atoms with Gasteiger partial charge < -0.3 is 0 Å². The predicted molar refractivity (Wildman–Crippen MR) is 33.7 cm³/mol. The van der Waals surface area contributed by atoms with Crippen LogP contribution in [0.2, 0.25) is 5.15 Å². The molecule has 0 N–H and O–H groups in total. The molecular formula is C6H5ClN. The largest absolute Gasteiger partial charge is 0.244 e. The van der Waals surface area contributed by atoms with Crippen LogP contribution in [-0.2, 0) is 0 Å². The molecule has 1 aromatic heterocycles. The maximum Gasteiger partial charge on any atom is 0.129 e. The number of aromatic nitrogens is 1. The van der Waals surface area contributed by atoms with Crippen LogP contribution in [0, 0.1) is 6.92 Å². The highest BCUT2D eigenvalue weighted by atomic mass is 35.5. The molecule has 0 unspecified atom stereocenters. The Hall–Kier alpha value is -0.560. The molecule has 1 aromatic rings. The van der Waals surface area contributed by atoms with Crippen molar-refractivity contribution in [1.29, 1.82) is 0 Å². The minimum atomic E-state index is 0.511. The Kier molecular flexibility index (Phi) is 1.49. The summed E-state index contributed by atoms with van der Waals surface area (Å²) in [5.74, 6) is 0. The van der Waals surface area contributed by atoms with Crippen LogP contribution in [0.5, 0.6) is 0 Å². The molecule has 0 amide bonds. The summed E-state index contributed by atoms with van der Waals surface area (Å²) in [6.45, 7) is 3.64. The minimum absolute atomic E-state index is 0.511. The highest BCUT2D eigenvalue weighted by molar-refractivity contribution is 6.29. The summed E-state index contributed by atoms with van der Waals surface area (Å²) in [6.07, 6.45) is 1.63. The number of hydrogen-bond acceptors (Lipinski definition) is 1. The lowest BCUT2D eigenvalue weighted by atomic mass is 10.3. The van der Waals surface area contributed by atoms with Gasteiger partial charge in [-0.3, -0.25) is 0 Å². The SMILES string of the molecule is [CH2]c1ccc(Cl)nc1. The first-order valence-corrected chi connectivity index (χ1v) is 2.60. The minimum Gasteiger partial charge on any atom is -0.244 e. The molecule has 1 heterocycles. The first-order valence-electron chi connectivity index (χ1n) is 2.22. The predicted octanol–water partition coefficient (Wildman–Crippen LogP) is 1.92. The van der Waals surface area contributed by atoms with Crippen molar-refractivity contribution in [2.45, 2.75) is 0 Å². The molecule has 0 aromatic carbocycles. The van der Waals surface area contributed by atoms with Gasteiger partial charge in [0.15, 0.2) is 0 Å². The fourth-order valence-electron chi connectivity index (χ4n) is 0.406. The average molecular weight is 127 g/mol. The normalized spacial score (nSPS) is 9.25. The zero-order chi connectivity index (χ0) is 5.98. The number of halogens is 1. The summed E-state index contributed by atoms with van der Waals surface area (Å²) in [6, 6.07) is 3.53. The fraction of sp³-hybridized carbons (Fsp3) is 0. The molecule has 41 valence electrons. The number of pyridine rings is 1. The molecule has 2 heteroatoms. The van der Waals surface area contributed by atoms with Crippen LogP contribution in [0.15, 0.2) is 18.3 Å². The van der Waals surface area contributed by atoms with Crippen molar-refractivity contribution in [2.24, 2.45) is 0 Å². The second-order valence-corrected chi connectivity index (χ2v) is 1.88. The van der Waals surface area contributed by atoms with Gasteiger partial charge in [0.2, 0.25) is 0 Å².